The highest BCUT2D eigenvalue weighted by Gasteiger charge is 2.16. The third-order valence-electron chi connectivity index (χ3n) is 2.91. The fourth-order valence-corrected chi connectivity index (χ4v) is 2.87. The molecule has 1 atom stereocenters. The predicted octanol–water partition coefficient (Wildman–Crippen LogP) is 6.86. The lowest BCUT2D eigenvalue weighted by atomic mass is 10.1. The summed E-state index contributed by atoms with van der Waals surface area (Å²) >= 11 is 21.0. The molecule has 0 aliphatic heterocycles. The van der Waals surface area contributed by atoms with Gasteiger partial charge in [-0.3, -0.25) is 0 Å². The van der Waals surface area contributed by atoms with Crippen molar-refractivity contribution in [2.24, 2.45) is 0 Å². The van der Waals surface area contributed by atoms with Gasteiger partial charge in [0.15, 0.2) is 0 Å². The number of hydrogen-bond acceptors (Lipinski definition) is 1. The Morgan fingerprint density at radius 1 is 1.05 bits per heavy atom. The van der Waals surface area contributed by atoms with Crippen LogP contribution in [0.4, 0.5) is 14.5 Å². The molecule has 1 N–H and O–H groups in total. The Balaban J connectivity index is 2.32. The third kappa shape index (κ3) is 3.62. The molecular formula is C14H9BrCl3F2N. The van der Waals surface area contributed by atoms with Crippen LogP contribution in [0.3, 0.4) is 0 Å². The second kappa shape index (κ2) is 6.69. The zero-order chi connectivity index (χ0) is 15.7. The molecule has 7 heteroatoms. The van der Waals surface area contributed by atoms with Gasteiger partial charge in [-0.15, -0.1) is 0 Å². The summed E-state index contributed by atoms with van der Waals surface area (Å²) in [5, 5.41) is 3.80. The van der Waals surface area contributed by atoms with E-state index in [2.05, 4.69) is 21.2 Å². The van der Waals surface area contributed by atoms with Crippen LogP contribution < -0.4 is 5.32 Å². The van der Waals surface area contributed by atoms with E-state index in [9.17, 15) is 8.78 Å². The third-order valence-corrected chi connectivity index (χ3v) is 4.83. The summed E-state index contributed by atoms with van der Waals surface area (Å²) in [4.78, 5) is 0. The maximum Gasteiger partial charge on any atom is 0.149 e. The lowest BCUT2D eigenvalue weighted by Crippen LogP contribution is -2.09. The Kier molecular flexibility index (Phi) is 5.36. The van der Waals surface area contributed by atoms with Gasteiger partial charge in [-0.25, -0.2) is 8.78 Å². The van der Waals surface area contributed by atoms with Gasteiger partial charge in [-0.1, -0.05) is 40.9 Å². The van der Waals surface area contributed by atoms with Crippen molar-refractivity contribution in [1.82, 2.24) is 0 Å². The molecule has 21 heavy (non-hydrogen) atoms. The molecule has 2 aromatic rings. The molecule has 0 radical (unpaired) electrons. The maximum absolute atomic E-state index is 13.7. The average Bonchev–Trinajstić information content (AvgIpc) is 2.42. The summed E-state index contributed by atoms with van der Waals surface area (Å²) in [6.07, 6.45) is 0. The summed E-state index contributed by atoms with van der Waals surface area (Å²) in [6.45, 7) is 1.78. The largest absolute Gasteiger partial charge is 0.376 e. The Morgan fingerprint density at radius 3 is 2.38 bits per heavy atom. The standard InChI is InChI=1S/C14H9BrCl3F2N/c1-6(7-2-3-9(16)14(18)13(7)17)21-12-4-8(15)10(19)5-11(12)20/h2-6,21H,1H3. The van der Waals surface area contributed by atoms with Crippen LogP contribution in [0.1, 0.15) is 18.5 Å². The van der Waals surface area contributed by atoms with E-state index in [4.69, 9.17) is 34.8 Å². The lowest BCUT2D eigenvalue weighted by molar-refractivity contribution is 0.579. The molecule has 0 bridgehead atoms. The minimum absolute atomic E-state index is 0.151. The molecule has 0 amide bonds. The summed E-state index contributed by atoms with van der Waals surface area (Å²) in [5.74, 6) is -1.36. The highest BCUT2D eigenvalue weighted by atomic mass is 79.9. The first-order chi connectivity index (χ1) is 9.81. The summed E-state index contributed by atoms with van der Waals surface area (Å²) < 4.78 is 27.1. The minimum atomic E-state index is -0.696. The van der Waals surface area contributed by atoms with Crippen molar-refractivity contribution in [2.45, 2.75) is 13.0 Å². The topological polar surface area (TPSA) is 12.0 Å². The zero-order valence-corrected chi connectivity index (χ0v) is 14.5. The smallest absolute Gasteiger partial charge is 0.149 e. The van der Waals surface area contributed by atoms with Crippen molar-refractivity contribution in [3.05, 3.63) is 61.0 Å². The summed E-state index contributed by atoms with van der Waals surface area (Å²) in [5.41, 5.74) is 0.809. The molecule has 0 fully saturated rings. The van der Waals surface area contributed by atoms with E-state index in [1.54, 1.807) is 19.1 Å². The van der Waals surface area contributed by atoms with Crippen LogP contribution in [0.25, 0.3) is 0 Å². The Morgan fingerprint density at radius 2 is 1.71 bits per heavy atom. The minimum Gasteiger partial charge on any atom is -0.376 e. The van der Waals surface area contributed by atoms with E-state index in [0.29, 0.717) is 15.6 Å². The van der Waals surface area contributed by atoms with E-state index >= 15 is 0 Å². The Hall–Kier alpha value is -0.550. The van der Waals surface area contributed by atoms with Crippen LogP contribution in [0.2, 0.25) is 15.1 Å². The average molecular weight is 415 g/mol. The van der Waals surface area contributed by atoms with Crippen LogP contribution >= 0.6 is 50.7 Å². The van der Waals surface area contributed by atoms with Crippen LogP contribution in [0, 0.1) is 11.6 Å². The van der Waals surface area contributed by atoms with Gasteiger partial charge in [0.1, 0.15) is 11.6 Å². The van der Waals surface area contributed by atoms with Gasteiger partial charge in [0.05, 0.1) is 31.3 Å². The first kappa shape index (κ1) is 16.8. The number of anilines is 1. The van der Waals surface area contributed by atoms with E-state index < -0.39 is 11.6 Å². The van der Waals surface area contributed by atoms with Crippen molar-refractivity contribution < 1.29 is 8.78 Å². The van der Waals surface area contributed by atoms with Crippen molar-refractivity contribution in [2.75, 3.05) is 5.32 Å². The number of rotatable bonds is 3. The number of nitrogens with one attached hydrogen (secondary N) is 1. The molecule has 1 unspecified atom stereocenters. The lowest BCUT2D eigenvalue weighted by Gasteiger charge is -2.18. The van der Waals surface area contributed by atoms with Gasteiger partial charge >= 0.3 is 0 Å². The van der Waals surface area contributed by atoms with Crippen molar-refractivity contribution in [3.63, 3.8) is 0 Å². The van der Waals surface area contributed by atoms with Crippen LogP contribution in [-0.4, -0.2) is 0 Å². The second-order valence-electron chi connectivity index (χ2n) is 4.38. The Labute approximate surface area is 144 Å². The van der Waals surface area contributed by atoms with Crippen LogP contribution in [0.5, 0.6) is 0 Å². The summed E-state index contributed by atoms with van der Waals surface area (Å²) in [6, 6.07) is 5.09. The van der Waals surface area contributed by atoms with Gasteiger partial charge in [-0.05, 0) is 40.5 Å². The summed E-state index contributed by atoms with van der Waals surface area (Å²) in [7, 11) is 0. The molecule has 2 aromatic carbocycles. The molecule has 0 aliphatic rings. The van der Waals surface area contributed by atoms with Crippen LogP contribution in [-0.2, 0) is 0 Å². The fourth-order valence-electron chi connectivity index (χ4n) is 1.82. The Bertz CT molecular complexity index is 694. The van der Waals surface area contributed by atoms with Crippen molar-refractivity contribution >= 4 is 56.4 Å². The fraction of sp³-hybridized carbons (Fsp3) is 0.143. The van der Waals surface area contributed by atoms with Gasteiger partial charge in [-0.2, -0.15) is 0 Å². The van der Waals surface area contributed by atoms with E-state index in [1.165, 1.54) is 6.07 Å². The van der Waals surface area contributed by atoms with Crippen molar-refractivity contribution in [3.8, 4) is 0 Å². The first-order valence-corrected chi connectivity index (χ1v) is 7.78. The molecule has 0 saturated heterocycles. The molecule has 0 heterocycles. The van der Waals surface area contributed by atoms with Crippen LogP contribution in [0.15, 0.2) is 28.7 Å². The SMILES string of the molecule is CC(Nc1cc(Br)c(F)cc1F)c1ccc(Cl)c(Cl)c1Cl. The molecule has 0 aliphatic carbocycles. The molecule has 1 nitrogen and oxygen atoms in total. The van der Waals surface area contributed by atoms with Gasteiger partial charge in [0.25, 0.3) is 0 Å². The highest BCUT2D eigenvalue weighted by molar-refractivity contribution is 9.10. The van der Waals surface area contributed by atoms with Crippen molar-refractivity contribution in [1.29, 1.82) is 0 Å². The monoisotopic (exact) mass is 413 g/mol. The molecule has 0 spiro atoms. The molecule has 112 valence electrons. The van der Waals surface area contributed by atoms with Gasteiger partial charge in [0, 0.05) is 6.07 Å². The quantitative estimate of drug-likeness (QED) is 0.426. The predicted molar refractivity (Wildman–Crippen MR) is 87.6 cm³/mol. The molecule has 2 rings (SSSR count). The molecular weight excluding hydrogens is 406 g/mol. The number of halogens is 6. The first-order valence-electron chi connectivity index (χ1n) is 5.85. The molecule has 0 aromatic heterocycles. The number of benzene rings is 2. The highest BCUT2D eigenvalue weighted by Crippen LogP contribution is 2.37. The second-order valence-corrected chi connectivity index (χ2v) is 6.39. The van der Waals surface area contributed by atoms with E-state index in [0.717, 1.165) is 6.07 Å². The maximum atomic E-state index is 13.7. The van der Waals surface area contributed by atoms with Gasteiger partial charge < -0.3 is 5.32 Å². The van der Waals surface area contributed by atoms with E-state index in [-0.39, 0.29) is 21.2 Å². The molecule has 0 saturated carbocycles. The normalized spacial score (nSPS) is 12.3. The van der Waals surface area contributed by atoms with E-state index in [1.807, 2.05) is 0 Å². The zero-order valence-electron chi connectivity index (χ0n) is 10.7. The van der Waals surface area contributed by atoms with Gasteiger partial charge in [0.2, 0.25) is 0 Å². The number of hydrogen-bond donors (Lipinski definition) is 1.